The molecule has 0 saturated carbocycles. The summed E-state index contributed by atoms with van der Waals surface area (Å²) in [6, 6.07) is 15.8. The number of dihydropyridines is 1. The van der Waals surface area contributed by atoms with Gasteiger partial charge in [-0.2, -0.15) is 0 Å². The quantitative estimate of drug-likeness (QED) is 0.278. The molecule has 1 aromatic heterocycles. The molecule has 6 nitrogen and oxygen atoms in total. The van der Waals surface area contributed by atoms with Crippen LogP contribution >= 0.6 is 0 Å². The highest BCUT2D eigenvalue weighted by molar-refractivity contribution is 6.07. The van der Waals surface area contributed by atoms with Gasteiger partial charge in [0.2, 0.25) is 0 Å². The van der Waals surface area contributed by atoms with E-state index in [0.29, 0.717) is 29.7 Å². The van der Waals surface area contributed by atoms with Crippen LogP contribution in [0.15, 0.2) is 102 Å². The molecule has 200 valence electrons. The van der Waals surface area contributed by atoms with Crippen LogP contribution in [0.1, 0.15) is 50.7 Å². The van der Waals surface area contributed by atoms with E-state index in [9.17, 15) is 9.59 Å². The largest absolute Gasteiger partial charge is 0.496 e. The van der Waals surface area contributed by atoms with Gasteiger partial charge in [0.1, 0.15) is 12.4 Å². The molecule has 0 spiro atoms. The summed E-state index contributed by atoms with van der Waals surface area (Å²) in [6.45, 7) is 9.62. The fourth-order valence-electron chi connectivity index (χ4n) is 6.27. The van der Waals surface area contributed by atoms with Crippen LogP contribution in [0.3, 0.4) is 0 Å². The van der Waals surface area contributed by atoms with Crippen molar-refractivity contribution in [2.45, 2.75) is 44.9 Å². The number of Topliss-reactive ketones (excluding diaryl/α,β-unsaturated/α-hetero) is 1. The SMILES string of the molecule is C=C/C=C(\C)COC(=O)C1=C(C)NC2=C(C(=O)C[C@H](c3ccccc3OC)C2)[C@@]1(C)c1cccc2[nH]ccc12. The molecule has 0 saturated heterocycles. The number of H-pyrrole nitrogens is 1. The number of aromatic nitrogens is 1. The predicted octanol–water partition coefficient (Wildman–Crippen LogP) is 6.39. The molecule has 39 heavy (non-hydrogen) atoms. The number of rotatable bonds is 7. The van der Waals surface area contributed by atoms with Crippen LogP contribution in [-0.2, 0) is 19.7 Å². The molecular weight excluding hydrogens is 488 g/mol. The summed E-state index contributed by atoms with van der Waals surface area (Å²) in [5.41, 5.74) is 5.31. The van der Waals surface area contributed by atoms with Gasteiger partial charge in [0, 0.05) is 46.4 Å². The summed E-state index contributed by atoms with van der Waals surface area (Å²) in [6.07, 6.45) is 6.31. The van der Waals surface area contributed by atoms with Crippen LogP contribution in [0.25, 0.3) is 10.9 Å². The Morgan fingerprint density at radius 1 is 1.15 bits per heavy atom. The van der Waals surface area contributed by atoms with Crippen molar-refractivity contribution < 1.29 is 19.1 Å². The van der Waals surface area contributed by atoms with Crippen molar-refractivity contribution in [3.63, 3.8) is 0 Å². The number of ether oxygens (including phenoxy) is 2. The molecular formula is C33H34N2O4. The second-order valence-electron chi connectivity index (χ2n) is 10.4. The van der Waals surface area contributed by atoms with Crippen LogP contribution in [0.4, 0.5) is 0 Å². The molecule has 5 rings (SSSR count). The smallest absolute Gasteiger partial charge is 0.337 e. The minimum Gasteiger partial charge on any atom is -0.496 e. The molecule has 0 radical (unpaired) electrons. The van der Waals surface area contributed by atoms with Crippen LogP contribution in [-0.4, -0.2) is 30.5 Å². The monoisotopic (exact) mass is 522 g/mol. The normalized spacial score (nSPS) is 21.5. The molecule has 0 unspecified atom stereocenters. The minimum absolute atomic E-state index is 0.00947. The number of benzene rings is 2. The first-order valence-electron chi connectivity index (χ1n) is 13.2. The lowest BCUT2D eigenvalue weighted by Gasteiger charge is -2.43. The molecule has 2 aromatic carbocycles. The van der Waals surface area contributed by atoms with Gasteiger partial charge < -0.3 is 19.8 Å². The van der Waals surface area contributed by atoms with Gasteiger partial charge in [-0.15, -0.1) is 0 Å². The van der Waals surface area contributed by atoms with Crippen LogP contribution in [0, 0.1) is 0 Å². The molecule has 1 aliphatic heterocycles. The average molecular weight is 523 g/mol. The topological polar surface area (TPSA) is 80.4 Å². The Morgan fingerprint density at radius 3 is 2.72 bits per heavy atom. The molecule has 2 N–H and O–H groups in total. The number of allylic oxidation sites excluding steroid dienone is 5. The number of para-hydroxylation sites is 1. The van der Waals surface area contributed by atoms with Crippen molar-refractivity contribution in [3.05, 3.63) is 113 Å². The maximum Gasteiger partial charge on any atom is 0.337 e. The third-order valence-corrected chi connectivity index (χ3v) is 7.93. The molecule has 0 bridgehead atoms. The first-order chi connectivity index (χ1) is 18.8. The average Bonchev–Trinajstić information content (AvgIpc) is 3.40. The molecule has 0 fully saturated rings. The van der Waals surface area contributed by atoms with E-state index in [0.717, 1.165) is 39.0 Å². The number of ketones is 1. The highest BCUT2D eigenvalue weighted by atomic mass is 16.5. The standard InChI is InChI=1S/C33H34N2O4/c1-6-10-20(2)19-39-32(37)30-21(3)35-27-17-22(23-11-7-8-14-29(23)38-5)18-28(36)31(27)33(30,4)25-12-9-13-26-24(25)15-16-34-26/h6-16,22,34-35H,1,17-19H2,2-5H3/b20-10+/t22-,33+/m1/s1. The molecule has 1 aliphatic carbocycles. The van der Waals surface area contributed by atoms with Crippen molar-refractivity contribution in [1.29, 1.82) is 0 Å². The van der Waals surface area contributed by atoms with Gasteiger partial charge in [-0.1, -0.05) is 49.1 Å². The number of methoxy groups -OCH3 is 1. The van der Waals surface area contributed by atoms with Crippen LogP contribution < -0.4 is 10.1 Å². The maximum atomic E-state index is 14.2. The van der Waals surface area contributed by atoms with E-state index in [-0.39, 0.29) is 18.3 Å². The summed E-state index contributed by atoms with van der Waals surface area (Å²) in [4.78, 5) is 31.2. The Labute approximate surface area is 229 Å². The van der Waals surface area contributed by atoms with Crippen molar-refractivity contribution >= 4 is 22.7 Å². The predicted molar refractivity (Wildman–Crippen MR) is 153 cm³/mol. The zero-order valence-electron chi connectivity index (χ0n) is 22.9. The van der Waals surface area contributed by atoms with Gasteiger partial charge in [-0.3, -0.25) is 4.79 Å². The second kappa shape index (κ2) is 10.4. The summed E-state index contributed by atoms with van der Waals surface area (Å²) in [7, 11) is 1.65. The van der Waals surface area contributed by atoms with Crippen molar-refractivity contribution in [1.82, 2.24) is 10.3 Å². The summed E-state index contributed by atoms with van der Waals surface area (Å²) in [5.74, 6) is 0.294. The van der Waals surface area contributed by atoms with Gasteiger partial charge >= 0.3 is 5.97 Å². The number of aromatic amines is 1. The maximum absolute atomic E-state index is 14.2. The fourth-order valence-corrected chi connectivity index (χ4v) is 6.27. The number of fused-ring (bicyclic) bond motifs is 1. The zero-order valence-corrected chi connectivity index (χ0v) is 22.9. The van der Waals surface area contributed by atoms with E-state index in [2.05, 4.69) is 16.9 Å². The van der Waals surface area contributed by atoms with Crippen molar-refractivity contribution in [3.8, 4) is 5.75 Å². The highest BCUT2D eigenvalue weighted by Crippen LogP contribution is 2.51. The number of carbonyl (C=O) groups is 2. The van der Waals surface area contributed by atoms with Gasteiger partial charge in [-0.05, 0) is 62.1 Å². The number of hydrogen-bond acceptors (Lipinski definition) is 5. The first-order valence-corrected chi connectivity index (χ1v) is 13.2. The van der Waals surface area contributed by atoms with Gasteiger partial charge in [0.05, 0.1) is 18.1 Å². The zero-order chi connectivity index (χ0) is 27.7. The second-order valence-corrected chi connectivity index (χ2v) is 10.4. The van der Waals surface area contributed by atoms with E-state index >= 15 is 0 Å². The molecule has 2 atom stereocenters. The Morgan fingerprint density at radius 2 is 1.95 bits per heavy atom. The van der Waals surface area contributed by atoms with Crippen molar-refractivity contribution in [2.24, 2.45) is 0 Å². The third-order valence-electron chi connectivity index (χ3n) is 7.93. The van der Waals surface area contributed by atoms with Gasteiger partial charge in [0.25, 0.3) is 0 Å². The third kappa shape index (κ3) is 4.50. The molecule has 2 heterocycles. The van der Waals surface area contributed by atoms with Crippen LogP contribution in [0.5, 0.6) is 5.75 Å². The fraction of sp³-hybridized carbons (Fsp3) is 0.273. The number of nitrogens with one attached hydrogen (secondary N) is 2. The molecule has 6 heteroatoms. The lowest BCUT2D eigenvalue weighted by atomic mass is 9.62. The Kier molecular flexibility index (Phi) is 7.04. The first kappa shape index (κ1) is 26.3. The summed E-state index contributed by atoms with van der Waals surface area (Å²) in [5, 5.41) is 4.42. The minimum atomic E-state index is -1.01. The van der Waals surface area contributed by atoms with Gasteiger partial charge in [0.15, 0.2) is 5.78 Å². The molecule has 2 aliphatic rings. The molecule has 3 aromatic rings. The Balaban J connectivity index is 1.65. The summed E-state index contributed by atoms with van der Waals surface area (Å²) < 4.78 is 11.4. The van der Waals surface area contributed by atoms with Crippen LogP contribution in [0.2, 0.25) is 0 Å². The number of carbonyl (C=O) groups excluding carboxylic acids is 2. The molecule has 0 amide bonds. The number of esters is 1. The van der Waals surface area contributed by atoms with Gasteiger partial charge in [-0.25, -0.2) is 4.79 Å². The van der Waals surface area contributed by atoms with E-state index in [4.69, 9.17) is 9.47 Å². The van der Waals surface area contributed by atoms with E-state index in [1.807, 2.05) is 81.6 Å². The summed E-state index contributed by atoms with van der Waals surface area (Å²) >= 11 is 0. The van der Waals surface area contributed by atoms with E-state index in [1.165, 1.54) is 0 Å². The highest BCUT2D eigenvalue weighted by Gasteiger charge is 2.50. The van der Waals surface area contributed by atoms with Crippen molar-refractivity contribution in [2.75, 3.05) is 13.7 Å². The Bertz CT molecular complexity index is 1570. The number of hydrogen-bond donors (Lipinski definition) is 2. The Hall–Kier alpha value is -4.32. The van der Waals surface area contributed by atoms with E-state index in [1.54, 1.807) is 13.2 Å². The lowest BCUT2D eigenvalue weighted by Crippen LogP contribution is -2.45. The lowest BCUT2D eigenvalue weighted by molar-refractivity contribution is -0.138. The van der Waals surface area contributed by atoms with E-state index < -0.39 is 11.4 Å².